The molecule has 140 valence electrons. The van der Waals surface area contributed by atoms with Crippen LogP contribution in [0.3, 0.4) is 0 Å². The van der Waals surface area contributed by atoms with Crippen molar-refractivity contribution < 1.29 is 14.3 Å². The van der Waals surface area contributed by atoms with Gasteiger partial charge in [-0.2, -0.15) is 4.39 Å². The molecule has 2 aromatic rings. The van der Waals surface area contributed by atoms with Crippen molar-refractivity contribution in [1.29, 1.82) is 0 Å². The SMILES string of the molecule is O=CNC1CCC1.Oc1ccc(F)nc1.c1ccc(C2CCNC2)cc1. The molecule has 6 heteroatoms. The van der Waals surface area contributed by atoms with Crippen molar-refractivity contribution in [3.8, 4) is 5.75 Å². The summed E-state index contributed by atoms with van der Waals surface area (Å²) in [6.07, 6.45) is 6.77. The number of carbonyl (C=O) groups excluding carboxylic acids is 1. The Bertz CT molecular complexity index is 606. The van der Waals surface area contributed by atoms with Gasteiger partial charge in [-0.15, -0.1) is 0 Å². The maximum atomic E-state index is 11.9. The number of aromatic hydroxyl groups is 1. The number of carbonyl (C=O) groups is 1. The molecule has 4 rings (SSSR count). The highest BCUT2D eigenvalue weighted by molar-refractivity contribution is 5.46. The van der Waals surface area contributed by atoms with Crippen LogP contribution < -0.4 is 10.6 Å². The number of amides is 1. The van der Waals surface area contributed by atoms with E-state index in [1.807, 2.05) is 0 Å². The standard InChI is InChI=1S/C10H13N.C5H4FNO.C5H9NO/c1-2-4-9(5-3-1)10-6-7-11-8-10;6-5-2-1-4(8)3-7-5;7-4-6-5-2-1-3-5/h1-5,10-11H,6-8H2;1-3,8H;4-5H,1-3H2,(H,6,7). The fourth-order valence-corrected chi connectivity index (χ4v) is 2.70. The minimum atomic E-state index is -0.581. The van der Waals surface area contributed by atoms with E-state index in [9.17, 15) is 9.18 Å². The molecule has 3 N–H and O–H groups in total. The van der Waals surface area contributed by atoms with Gasteiger partial charge in [0.2, 0.25) is 12.4 Å². The Balaban J connectivity index is 0.000000145. The van der Waals surface area contributed by atoms with Crippen LogP contribution in [0.5, 0.6) is 5.75 Å². The molecule has 1 atom stereocenters. The molecule has 1 unspecified atom stereocenters. The monoisotopic (exact) mass is 359 g/mol. The summed E-state index contributed by atoms with van der Waals surface area (Å²) >= 11 is 0. The van der Waals surface area contributed by atoms with Crippen LogP contribution in [0, 0.1) is 5.95 Å². The maximum Gasteiger partial charge on any atom is 0.213 e. The van der Waals surface area contributed by atoms with Crippen LogP contribution in [0.2, 0.25) is 0 Å². The van der Waals surface area contributed by atoms with E-state index in [1.165, 1.54) is 43.9 Å². The lowest BCUT2D eigenvalue weighted by Gasteiger charge is -2.23. The second kappa shape index (κ2) is 11.2. The van der Waals surface area contributed by atoms with E-state index in [2.05, 4.69) is 45.9 Å². The summed E-state index contributed by atoms with van der Waals surface area (Å²) in [5.74, 6) is 0.158. The molecule has 1 saturated carbocycles. The minimum absolute atomic E-state index is 0.0219. The molecule has 2 aliphatic rings. The molecular formula is C20H26FN3O2. The molecule has 0 spiro atoms. The Hall–Kier alpha value is -2.47. The summed E-state index contributed by atoms with van der Waals surface area (Å²) in [7, 11) is 0. The number of hydrogen-bond donors (Lipinski definition) is 3. The van der Waals surface area contributed by atoms with Crippen molar-refractivity contribution >= 4 is 6.41 Å². The molecule has 1 saturated heterocycles. The van der Waals surface area contributed by atoms with Gasteiger partial charge in [-0.3, -0.25) is 4.79 Å². The highest BCUT2D eigenvalue weighted by Crippen LogP contribution is 2.21. The number of rotatable bonds is 3. The van der Waals surface area contributed by atoms with Crippen molar-refractivity contribution in [2.24, 2.45) is 0 Å². The highest BCUT2D eigenvalue weighted by atomic mass is 19.1. The third kappa shape index (κ3) is 7.19. The van der Waals surface area contributed by atoms with Crippen molar-refractivity contribution in [3.05, 3.63) is 60.2 Å². The third-order valence-corrected chi connectivity index (χ3v) is 4.45. The number of nitrogens with one attached hydrogen (secondary N) is 2. The molecule has 1 amide bonds. The zero-order valence-electron chi connectivity index (χ0n) is 14.8. The largest absolute Gasteiger partial charge is 0.506 e. The summed E-state index contributed by atoms with van der Waals surface area (Å²) in [6, 6.07) is 13.6. The van der Waals surface area contributed by atoms with Crippen LogP contribution in [-0.2, 0) is 4.79 Å². The van der Waals surface area contributed by atoms with Gasteiger partial charge in [0.1, 0.15) is 5.75 Å². The van der Waals surface area contributed by atoms with Gasteiger partial charge in [-0.1, -0.05) is 30.3 Å². The molecule has 1 aromatic carbocycles. The summed E-state index contributed by atoms with van der Waals surface area (Å²) in [5, 5.41) is 14.6. The fourth-order valence-electron chi connectivity index (χ4n) is 2.70. The molecule has 2 fully saturated rings. The maximum absolute atomic E-state index is 11.9. The van der Waals surface area contributed by atoms with Crippen LogP contribution in [0.1, 0.15) is 37.2 Å². The van der Waals surface area contributed by atoms with Gasteiger partial charge >= 0.3 is 0 Å². The van der Waals surface area contributed by atoms with E-state index in [1.54, 1.807) is 0 Å². The Morgan fingerprint density at radius 3 is 2.35 bits per heavy atom. The Labute approximate surface area is 153 Å². The lowest BCUT2D eigenvalue weighted by Crippen LogP contribution is -2.33. The van der Waals surface area contributed by atoms with E-state index in [0.717, 1.165) is 31.1 Å². The van der Waals surface area contributed by atoms with Gasteiger partial charge in [0, 0.05) is 12.6 Å². The molecule has 5 nitrogen and oxygen atoms in total. The van der Waals surface area contributed by atoms with Gasteiger partial charge in [0.15, 0.2) is 0 Å². The van der Waals surface area contributed by atoms with Crippen molar-refractivity contribution in [1.82, 2.24) is 15.6 Å². The molecule has 2 heterocycles. The second-order valence-corrected chi connectivity index (χ2v) is 6.35. The lowest BCUT2D eigenvalue weighted by atomic mass is 9.94. The summed E-state index contributed by atoms with van der Waals surface area (Å²) in [5.41, 5.74) is 1.48. The first-order valence-corrected chi connectivity index (χ1v) is 8.95. The number of hydrogen-bond acceptors (Lipinski definition) is 4. The number of pyridine rings is 1. The Morgan fingerprint density at radius 2 is 1.92 bits per heavy atom. The van der Waals surface area contributed by atoms with Crippen molar-refractivity contribution in [3.63, 3.8) is 0 Å². The molecule has 1 aliphatic carbocycles. The van der Waals surface area contributed by atoms with Crippen LogP contribution >= 0.6 is 0 Å². The summed E-state index contributed by atoms with van der Waals surface area (Å²) in [6.45, 7) is 2.34. The first-order chi connectivity index (χ1) is 12.7. The minimum Gasteiger partial charge on any atom is -0.506 e. The van der Waals surface area contributed by atoms with Crippen LogP contribution in [-0.4, -0.2) is 35.6 Å². The number of benzene rings is 1. The first kappa shape index (κ1) is 19.8. The molecule has 0 radical (unpaired) electrons. The second-order valence-electron chi connectivity index (χ2n) is 6.35. The zero-order chi connectivity index (χ0) is 18.6. The Morgan fingerprint density at radius 1 is 1.15 bits per heavy atom. The fraction of sp³-hybridized carbons (Fsp3) is 0.400. The lowest BCUT2D eigenvalue weighted by molar-refractivity contribution is -0.110. The van der Waals surface area contributed by atoms with Gasteiger partial charge in [0.25, 0.3) is 0 Å². The molecule has 1 aromatic heterocycles. The molecular weight excluding hydrogens is 333 g/mol. The number of halogens is 1. The van der Waals surface area contributed by atoms with Gasteiger partial charge in [0.05, 0.1) is 6.20 Å². The average Bonchev–Trinajstić information content (AvgIpc) is 3.17. The van der Waals surface area contributed by atoms with Crippen LogP contribution in [0.15, 0.2) is 48.7 Å². The van der Waals surface area contributed by atoms with Crippen LogP contribution in [0.25, 0.3) is 0 Å². The smallest absolute Gasteiger partial charge is 0.213 e. The van der Waals surface area contributed by atoms with E-state index in [0.29, 0.717) is 6.04 Å². The molecule has 0 bridgehead atoms. The van der Waals surface area contributed by atoms with E-state index >= 15 is 0 Å². The van der Waals surface area contributed by atoms with Crippen molar-refractivity contribution in [2.45, 2.75) is 37.6 Å². The average molecular weight is 359 g/mol. The molecule has 26 heavy (non-hydrogen) atoms. The van der Waals surface area contributed by atoms with Gasteiger partial charge < -0.3 is 15.7 Å². The molecule has 1 aliphatic heterocycles. The third-order valence-electron chi connectivity index (χ3n) is 4.45. The number of nitrogens with zero attached hydrogens (tertiary/aromatic N) is 1. The predicted octanol–water partition coefficient (Wildman–Crippen LogP) is 2.97. The Kier molecular flexibility index (Phi) is 8.55. The summed E-state index contributed by atoms with van der Waals surface area (Å²) < 4.78 is 11.9. The summed E-state index contributed by atoms with van der Waals surface area (Å²) in [4.78, 5) is 12.9. The normalized spacial score (nSPS) is 18.4. The van der Waals surface area contributed by atoms with E-state index in [4.69, 9.17) is 5.11 Å². The topological polar surface area (TPSA) is 74.2 Å². The van der Waals surface area contributed by atoms with Gasteiger partial charge in [-0.05, 0) is 55.8 Å². The van der Waals surface area contributed by atoms with Gasteiger partial charge in [-0.25, -0.2) is 4.98 Å². The van der Waals surface area contributed by atoms with Crippen molar-refractivity contribution in [2.75, 3.05) is 13.1 Å². The van der Waals surface area contributed by atoms with Crippen LogP contribution in [0.4, 0.5) is 4.39 Å². The zero-order valence-corrected chi connectivity index (χ0v) is 14.8. The van der Waals surface area contributed by atoms with E-state index < -0.39 is 5.95 Å². The predicted molar refractivity (Wildman–Crippen MR) is 99.4 cm³/mol. The quantitative estimate of drug-likeness (QED) is 0.582. The first-order valence-electron chi connectivity index (χ1n) is 8.95. The highest BCUT2D eigenvalue weighted by Gasteiger charge is 2.15. The number of aromatic nitrogens is 1. The van der Waals surface area contributed by atoms with E-state index in [-0.39, 0.29) is 5.75 Å².